The van der Waals surface area contributed by atoms with E-state index >= 15 is 0 Å². The first-order valence-electron chi connectivity index (χ1n) is 7.89. The normalized spacial score (nSPS) is 21.0. The average Bonchev–Trinajstić information content (AvgIpc) is 3.14. The second-order valence-corrected chi connectivity index (χ2v) is 6.36. The van der Waals surface area contributed by atoms with E-state index in [1.165, 1.54) is 5.69 Å². The van der Waals surface area contributed by atoms with Gasteiger partial charge >= 0.3 is 0 Å². The van der Waals surface area contributed by atoms with Gasteiger partial charge in [0.05, 0.1) is 24.4 Å². The van der Waals surface area contributed by atoms with Crippen LogP contribution in [-0.2, 0) is 0 Å². The van der Waals surface area contributed by atoms with E-state index in [2.05, 4.69) is 51.9 Å². The fourth-order valence-electron chi connectivity index (χ4n) is 3.20. The number of pyridine rings is 1. The number of aromatic nitrogens is 2. The van der Waals surface area contributed by atoms with Crippen LogP contribution in [0.5, 0.6) is 0 Å². The Bertz CT molecular complexity index is 670. The molecular weight excluding hydrogens is 308 g/mol. The van der Waals surface area contributed by atoms with E-state index in [9.17, 15) is 5.11 Å². The summed E-state index contributed by atoms with van der Waals surface area (Å²) in [4.78, 5) is 6.56. The van der Waals surface area contributed by atoms with Crippen molar-refractivity contribution >= 4 is 17.3 Å². The van der Waals surface area contributed by atoms with Gasteiger partial charge in [-0.1, -0.05) is 6.07 Å². The van der Waals surface area contributed by atoms with Crippen molar-refractivity contribution in [1.82, 2.24) is 19.8 Å². The predicted molar refractivity (Wildman–Crippen MR) is 94.1 cm³/mol. The van der Waals surface area contributed by atoms with E-state index in [0.29, 0.717) is 17.7 Å². The summed E-state index contributed by atoms with van der Waals surface area (Å²) < 4.78 is 2.25. The first-order chi connectivity index (χ1) is 11.1. The smallest absolute Gasteiger partial charge is 0.170 e. The lowest BCUT2D eigenvalue weighted by Gasteiger charge is -2.29. The van der Waals surface area contributed by atoms with Crippen LogP contribution in [0.25, 0.3) is 0 Å². The van der Waals surface area contributed by atoms with Gasteiger partial charge in [0.2, 0.25) is 0 Å². The monoisotopic (exact) mass is 330 g/mol. The summed E-state index contributed by atoms with van der Waals surface area (Å²) in [6.07, 6.45) is 3.89. The van der Waals surface area contributed by atoms with Crippen LogP contribution in [0.2, 0.25) is 0 Å². The Kier molecular flexibility index (Phi) is 4.63. The highest BCUT2D eigenvalue weighted by Gasteiger charge is 2.40. The zero-order valence-electron chi connectivity index (χ0n) is 13.4. The highest BCUT2D eigenvalue weighted by atomic mass is 32.1. The highest BCUT2D eigenvalue weighted by Crippen LogP contribution is 2.39. The van der Waals surface area contributed by atoms with Crippen molar-refractivity contribution in [2.75, 3.05) is 13.2 Å². The molecule has 1 saturated heterocycles. The number of aliphatic hydroxyl groups is 1. The molecule has 0 aliphatic carbocycles. The summed E-state index contributed by atoms with van der Waals surface area (Å²) in [5.74, 6) is 0. The van der Waals surface area contributed by atoms with Crippen molar-refractivity contribution in [2.45, 2.75) is 32.0 Å². The Morgan fingerprint density at radius 1 is 1.30 bits per heavy atom. The van der Waals surface area contributed by atoms with Crippen molar-refractivity contribution in [3.8, 4) is 0 Å². The summed E-state index contributed by atoms with van der Waals surface area (Å²) >= 11 is 5.51. The van der Waals surface area contributed by atoms with Gasteiger partial charge in [-0.25, -0.2) is 0 Å². The Morgan fingerprint density at radius 3 is 2.78 bits per heavy atom. The fourth-order valence-corrected chi connectivity index (χ4v) is 3.54. The molecule has 0 spiro atoms. The van der Waals surface area contributed by atoms with Gasteiger partial charge in [-0.3, -0.25) is 4.98 Å². The van der Waals surface area contributed by atoms with Crippen LogP contribution >= 0.6 is 12.2 Å². The van der Waals surface area contributed by atoms with Gasteiger partial charge in [0.15, 0.2) is 5.11 Å². The lowest BCUT2D eigenvalue weighted by atomic mass is 10.0. The summed E-state index contributed by atoms with van der Waals surface area (Å²) in [6, 6.07) is 10.4. The minimum absolute atomic E-state index is 0.0157. The molecule has 0 amide bonds. The molecular formula is C17H22N4OS. The van der Waals surface area contributed by atoms with E-state index in [0.717, 1.165) is 5.69 Å². The number of β-amino-alcohol motifs (C(OH)–C–C–N with tert-alkyl or cyclic N) is 1. The van der Waals surface area contributed by atoms with E-state index in [4.69, 9.17) is 12.2 Å². The molecule has 6 heteroatoms. The standard InChI is InChI=1S/C17H22N4OS/c1-12(2)20-9-5-7-14(20)16-15(13-6-3-4-8-18-13)19-17(23)21(16)10-11-22/h3-9,12,15-16,22H,10-11H2,1-2H3,(H,19,23)/t15-,16+/m1/s1. The third-order valence-electron chi connectivity index (χ3n) is 4.21. The summed E-state index contributed by atoms with van der Waals surface area (Å²) in [7, 11) is 0. The van der Waals surface area contributed by atoms with Gasteiger partial charge in [0, 0.05) is 30.7 Å². The molecule has 2 aromatic rings. The van der Waals surface area contributed by atoms with Crippen LogP contribution in [0.4, 0.5) is 0 Å². The largest absolute Gasteiger partial charge is 0.395 e. The van der Waals surface area contributed by atoms with Crippen molar-refractivity contribution in [3.63, 3.8) is 0 Å². The number of aliphatic hydroxyl groups excluding tert-OH is 1. The molecule has 3 rings (SSSR count). The highest BCUT2D eigenvalue weighted by molar-refractivity contribution is 7.80. The molecule has 2 aromatic heterocycles. The van der Waals surface area contributed by atoms with Gasteiger partial charge in [-0.15, -0.1) is 0 Å². The molecule has 3 heterocycles. The topological polar surface area (TPSA) is 53.3 Å². The van der Waals surface area contributed by atoms with Crippen molar-refractivity contribution in [1.29, 1.82) is 0 Å². The van der Waals surface area contributed by atoms with Gasteiger partial charge < -0.3 is 19.9 Å². The molecule has 0 bridgehead atoms. The van der Waals surface area contributed by atoms with Crippen molar-refractivity contribution < 1.29 is 5.11 Å². The molecule has 2 atom stereocenters. The zero-order chi connectivity index (χ0) is 16.4. The number of hydrogen-bond donors (Lipinski definition) is 2. The Morgan fingerprint density at radius 2 is 2.13 bits per heavy atom. The molecule has 1 aliphatic rings. The first-order valence-corrected chi connectivity index (χ1v) is 8.30. The van der Waals surface area contributed by atoms with Gasteiger partial charge in [0.25, 0.3) is 0 Å². The second kappa shape index (κ2) is 6.68. The van der Waals surface area contributed by atoms with Crippen LogP contribution in [0.3, 0.4) is 0 Å². The second-order valence-electron chi connectivity index (χ2n) is 5.98. The molecule has 0 aromatic carbocycles. The lowest BCUT2D eigenvalue weighted by molar-refractivity contribution is 0.218. The van der Waals surface area contributed by atoms with E-state index < -0.39 is 0 Å². The molecule has 5 nitrogen and oxygen atoms in total. The molecule has 1 aliphatic heterocycles. The molecule has 1 fully saturated rings. The van der Waals surface area contributed by atoms with Crippen LogP contribution in [0.15, 0.2) is 42.7 Å². The van der Waals surface area contributed by atoms with Crippen LogP contribution in [0.1, 0.15) is 43.4 Å². The zero-order valence-corrected chi connectivity index (χ0v) is 14.2. The first kappa shape index (κ1) is 16.0. The maximum absolute atomic E-state index is 9.44. The average molecular weight is 330 g/mol. The molecule has 122 valence electrons. The minimum Gasteiger partial charge on any atom is -0.395 e. The molecule has 0 radical (unpaired) electrons. The number of nitrogens with zero attached hydrogens (tertiary/aromatic N) is 3. The molecule has 2 N–H and O–H groups in total. The Labute approximate surface area is 142 Å². The number of hydrogen-bond acceptors (Lipinski definition) is 3. The van der Waals surface area contributed by atoms with Crippen LogP contribution in [-0.4, -0.2) is 37.8 Å². The Hall–Kier alpha value is -1.92. The third-order valence-corrected chi connectivity index (χ3v) is 4.56. The van der Waals surface area contributed by atoms with Crippen molar-refractivity contribution in [2.24, 2.45) is 0 Å². The van der Waals surface area contributed by atoms with E-state index in [-0.39, 0.29) is 18.7 Å². The maximum atomic E-state index is 9.44. The van der Waals surface area contributed by atoms with Crippen molar-refractivity contribution in [3.05, 3.63) is 54.1 Å². The molecule has 23 heavy (non-hydrogen) atoms. The van der Waals surface area contributed by atoms with Gasteiger partial charge in [0.1, 0.15) is 0 Å². The van der Waals surface area contributed by atoms with Gasteiger partial charge in [-0.05, 0) is 50.3 Å². The number of thiocarbonyl (C=S) groups is 1. The predicted octanol–water partition coefficient (Wildman–Crippen LogP) is 2.43. The molecule has 0 unspecified atom stereocenters. The maximum Gasteiger partial charge on any atom is 0.170 e. The number of nitrogens with one attached hydrogen (secondary N) is 1. The SMILES string of the molecule is CC(C)n1cccc1[C@H]1[C@@H](c2ccccn2)NC(=S)N1CCO. The fraction of sp³-hybridized carbons (Fsp3) is 0.412. The van der Waals surface area contributed by atoms with Gasteiger partial charge in [-0.2, -0.15) is 0 Å². The van der Waals surface area contributed by atoms with E-state index in [1.54, 1.807) is 6.20 Å². The van der Waals surface area contributed by atoms with Crippen LogP contribution < -0.4 is 5.32 Å². The van der Waals surface area contributed by atoms with Crippen LogP contribution in [0, 0.1) is 0 Å². The quantitative estimate of drug-likeness (QED) is 0.825. The third kappa shape index (κ3) is 2.96. The minimum atomic E-state index is -0.0253. The summed E-state index contributed by atoms with van der Waals surface area (Å²) in [5, 5.41) is 13.5. The van der Waals surface area contributed by atoms with E-state index in [1.807, 2.05) is 18.2 Å². The number of rotatable bonds is 5. The Balaban J connectivity index is 2.05. The summed E-state index contributed by atoms with van der Waals surface area (Å²) in [6.45, 7) is 4.89. The summed E-state index contributed by atoms with van der Waals surface area (Å²) in [5.41, 5.74) is 2.13. The lowest BCUT2D eigenvalue weighted by Crippen LogP contribution is -2.33. The molecule has 0 saturated carbocycles.